The number of anilines is 1. The maximum absolute atomic E-state index is 13.3. The molecule has 0 spiro atoms. The van der Waals surface area contributed by atoms with Crippen LogP contribution < -0.4 is 23.8 Å². The molecule has 3 heterocycles. The summed E-state index contributed by atoms with van der Waals surface area (Å²) in [6.07, 6.45) is -1.03. The van der Waals surface area contributed by atoms with Crippen LogP contribution in [0.4, 0.5) is 5.69 Å². The molecule has 0 N–H and O–H groups in total. The van der Waals surface area contributed by atoms with Crippen molar-refractivity contribution in [2.24, 2.45) is 11.1 Å². The van der Waals surface area contributed by atoms with Crippen LogP contribution in [0.1, 0.15) is 5.56 Å². The summed E-state index contributed by atoms with van der Waals surface area (Å²) in [6, 6.07) is 10.2. The minimum absolute atomic E-state index is 0.328. The van der Waals surface area contributed by atoms with Crippen LogP contribution in [-0.4, -0.2) is 51.1 Å². The third-order valence-corrected chi connectivity index (χ3v) is 5.28. The number of hydrogen-bond acceptors (Lipinski definition) is 8. The van der Waals surface area contributed by atoms with Crippen molar-refractivity contribution in [3.63, 3.8) is 0 Å². The number of nitrogens with zero attached hydrogens (tertiary/aromatic N) is 2. The molecule has 0 bridgehead atoms. The Morgan fingerprint density at radius 2 is 1.80 bits per heavy atom. The van der Waals surface area contributed by atoms with Gasteiger partial charge in [0, 0.05) is 11.6 Å². The fourth-order valence-corrected chi connectivity index (χ4v) is 3.91. The number of hydrogen-bond donors (Lipinski definition) is 0. The number of fused-ring (bicyclic) bond motifs is 2. The van der Waals surface area contributed by atoms with E-state index in [0.29, 0.717) is 53.2 Å². The van der Waals surface area contributed by atoms with E-state index in [-0.39, 0.29) is 0 Å². The molecule has 0 aromatic heterocycles. The topological polar surface area (TPSA) is 95.9 Å². The van der Waals surface area contributed by atoms with Gasteiger partial charge in [0.05, 0.1) is 19.9 Å². The number of benzene rings is 2. The zero-order valence-corrected chi connectivity index (χ0v) is 16.3. The van der Waals surface area contributed by atoms with E-state index < -0.39 is 23.8 Å². The monoisotopic (exact) mass is 410 g/mol. The third-order valence-electron chi connectivity index (χ3n) is 5.28. The summed E-state index contributed by atoms with van der Waals surface area (Å²) in [4.78, 5) is 32.8. The number of carbonyl (C=O) groups is 2. The predicted molar refractivity (Wildman–Crippen MR) is 104 cm³/mol. The van der Waals surface area contributed by atoms with E-state index in [4.69, 9.17) is 23.8 Å². The van der Waals surface area contributed by atoms with E-state index in [2.05, 4.69) is 5.16 Å². The molecule has 154 valence electrons. The number of carbonyl (C=O) groups excluding carboxylic acids is 2. The van der Waals surface area contributed by atoms with E-state index in [9.17, 15) is 9.59 Å². The van der Waals surface area contributed by atoms with Crippen LogP contribution in [0.3, 0.4) is 0 Å². The quantitative estimate of drug-likeness (QED) is 0.709. The van der Waals surface area contributed by atoms with Crippen LogP contribution in [0.25, 0.3) is 0 Å². The lowest BCUT2D eigenvalue weighted by Crippen LogP contribution is -2.33. The highest BCUT2D eigenvalue weighted by atomic mass is 16.7. The molecule has 3 aliphatic heterocycles. The SMILES string of the molecule is COc1cccc(C2=NO[C@@H]3C(=O)N(c4ccc5c(c4)OCCO5)C(=O)[C@@H]23)c1OC. The average molecular weight is 410 g/mol. The van der Waals surface area contributed by atoms with E-state index in [0.717, 1.165) is 4.90 Å². The summed E-state index contributed by atoms with van der Waals surface area (Å²) in [5.41, 5.74) is 1.26. The van der Waals surface area contributed by atoms with Gasteiger partial charge < -0.3 is 23.8 Å². The Morgan fingerprint density at radius 1 is 1.00 bits per heavy atom. The first-order chi connectivity index (χ1) is 14.6. The smallest absolute Gasteiger partial charge is 0.278 e. The molecule has 0 radical (unpaired) electrons. The van der Waals surface area contributed by atoms with E-state index in [1.54, 1.807) is 36.4 Å². The molecular formula is C21H18N2O7. The number of oxime groups is 1. The number of methoxy groups -OCH3 is 2. The summed E-state index contributed by atoms with van der Waals surface area (Å²) in [7, 11) is 3.02. The fraction of sp³-hybridized carbons (Fsp3) is 0.286. The third kappa shape index (κ3) is 2.58. The highest BCUT2D eigenvalue weighted by Crippen LogP contribution is 2.41. The second-order valence-electron chi connectivity index (χ2n) is 6.86. The van der Waals surface area contributed by atoms with Crippen LogP contribution in [0, 0.1) is 5.92 Å². The predicted octanol–water partition coefficient (Wildman–Crippen LogP) is 1.77. The standard InChI is InChI=1S/C21H18N2O7/c1-26-14-5-3-4-12(18(14)27-2)17-16-19(30-22-17)21(25)23(20(16)24)11-6-7-13-15(10-11)29-9-8-28-13/h3-7,10,16,19H,8-9H2,1-2H3/t16-,19-/m0/s1. The van der Waals surface area contributed by atoms with Gasteiger partial charge in [0.1, 0.15) is 24.8 Å². The van der Waals surface area contributed by atoms with Crippen LogP contribution in [0.2, 0.25) is 0 Å². The summed E-state index contributed by atoms with van der Waals surface area (Å²) >= 11 is 0. The average Bonchev–Trinajstić information content (AvgIpc) is 3.32. The van der Waals surface area contributed by atoms with Crippen molar-refractivity contribution in [2.75, 3.05) is 32.3 Å². The second kappa shape index (κ2) is 6.94. The van der Waals surface area contributed by atoms with Gasteiger partial charge in [-0.05, 0) is 24.3 Å². The van der Waals surface area contributed by atoms with Gasteiger partial charge in [-0.2, -0.15) is 0 Å². The number of imide groups is 1. The Labute approximate surface area is 171 Å². The molecule has 1 fully saturated rings. The number of amides is 2. The summed E-state index contributed by atoms with van der Waals surface area (Å²) in [6.45, 7) is 0.854. The van der Waals surface area contributed by atoms with Gasteiger partial charge in [-0.1, -0.05) is 11.2 Å². The molecule has 0 saturated carbocycles. The van der Waals surface area contributed by atoms with Crippen LogP contribution in [0.15, 0.2) is 41.6 Å². The number of para-hydroxylation sites is 1. The van der Waals surface area contributed by atoms with E-state index in [1.807, 2.05) is 0 Å². The first kappa shape index (κ1) is 18.3. The molecule has 1 saturated heterocycles. The van der Waals surface area contributed by atoms with Gasteiger partial charge in [-0.3, -0.25) is 9.59 Å². The summed E-state index contributed by atoms with van der Waals surface area (Å²) in [5, 5.41) is 4.04. The Bertz CT molecular complexity index is 1080. The molecule has 9 nitrogen and oxygen atoms in total. The van der Waals surface area contributed by atoms with Gasteiger partial charge in [0.15, 0.2) is 23.0 Å². The maximum Gasteiger partial charge on any atom is 0.278 e. The van der Waals surface area contributed by atoms with Gasteiger partial charge in [-0.25, -0.2) is 4.90 Å². The molecule has 0 unspecified atom stereocenters. The Kier molecular flexibility index (Phi) is 4.23. The Hall–Kier alpha value is -3.75. The van der Waals surface area contributed by atoms with Crippen molar-refractivity contribution in [3.8, 4) is 23.0 Å². The molecule has 2 aromatic rings. The summed E-state index contributed by atoms with van der Waals surface area (Å²) < 4.78 is 21.9. The first-order valence-electron chi connectivity index (χ1n) is 9.36. The second-order valence-corrected chi connectivity index (χ2v) is 6.86. The molecule has 2 aromatic carbocycles. The molecule has 2 amide bonds. The Balaban J connectivity index is 1.51. The van der Waals surface area contributed by atoms with Crippen LogP contribution >= 0.6 is 0 Å². The Morgan fingerprint density at radius 3 is 2.57 bits per heavy atom. The number of ether oxygens (including phenoxy) is 4. The van der Waals surface area contributed by atoms with Crippen molar-refractivity contribution < 1.29 is 33.4 Å². The van der Waals surface area contributed by atoms with Crippen molar-refractivity contribution in [2.45, 2.75) is 6.10 Å². The number of rotatable bonds is 4. The molecule has 3 aliphatic rings. The lowest BCUT2D eigenvalue weighted by atomic mass is 9.93. The largest absolute Gasteiger partial charge is 0.493 e. The first-order valence-corrected chi connectivity index (χ1v) is 9.36. The van der Waals surface area contributed by atoms with Gasteiger partial charge in [-0.15, -0.1) is 0 Å². The van der Waals surface area contributed by atoms with E-state index >= 15 is 0 Å². The van der Waals surface area contributed by atoms with Crippen molar-refractivity contribution in [3.05, 3.63) is 42.0 Å². The van der Waals surface area contributed by atoms with Crippen LogP contribution in [-0.2, 0) is 14.4 Å². The van der Waals surface area contributed by atoms with Crippen molar-refractivity contribution >= 4 is 23.2 Å². The molecule has 2 atom stereocenters. The lowest BCUT2D eigenvalue weighted by Gasteiger charge is -2.21. The van der Waals surface area contributed by atoms with Crippen molar-refractivity contribution in [1.29, 1.82) is 0 Å². The van der Waals surface area contributed by atoms with E-state index in [1.165, 1.54) is 14.2 Å². The van der Waals surface area contributed by atoms with Crippen molar-refractivity contribution in [1.82, 2.24) is 0 Å². The molecule has 30 heavy (non-hydrogen) atoms. The zero-order valence-electron chi connectivity index (χ0n) is 16.3. The molecule has 0 aliphatic carbocycles. The zero-order chi connectivity index (χ0) is 20.8. The minimum atomic E-state index is -1.03. The van der Waals surface area contributed by atoms with Gasteiger partial charge >= 0.3 is 0 Å². The highest BCUT2D eigenvalue weighted by molar-refractivity contribution is 6.32. The minimum Gasteiger partial charge on any atom is -0.493 e. The lowest BCUT2D eigenvalue weighted by molar-refractivity contribution is -0.126. The summed E-state index contributed by atoms with van der Waals surface area (Å²) in [5.74, 6) is 0.170. The van der Waals surface area contributed by atoms with Gasteiger partial charge in [0.2, 0.25) is 12.0 Å². The normalized spacial score (nSPS) is 21.8. The maximum atomic E-state index is 13.3. The fourth-order valence-electron chi connectivity index (χ4n) is 3.91. The highest BCUT2D eigenvalue weighted by Gasteiger charge is 2.56. The van der Waals surface area contributed by atoms with Gasteiger partial charge in [0.25, 0.3) is 5.91 Å². The molecule has 5 rings (SSSR count). The molecular weight excluding hydrogens is 392 g/mol. The molecule has 9 heteroatoms. The van der Waals surface area contributed by atoms with Crippen LogP contribution in [0.5, 0.6) is 23.0 Å².